The molecule has 20 heavy (non-hydrogen) atoms. The molecule has 0 bridgehead atoms. The van der Waals surface area contributed by atoms with Gasteiger partial charge in [-0.1, -0.05) is 0 Å². The van der Waals surface area contributed by atoms with Crippen LogP contribution in [0.25, 0.3) is 20.2 Å². The van der Waals surface area contributed by atoms with Crippen LogP contribution in [0, 0.1) is 0 Å². The second-order valence-electron chi connectivity index (χ2n) is 4.88. The number of ether oxygens (including phenoxy) is 1. The Morgan fingerprint density at radius 2 is 1.75 bits per heavy atom. The Labute approximate surface area is 124 Å². The topological polar surface area (TPSA) is 29.5 Å². The lowest BCUT2D eigenvalue weighted by atomic mass is 10.2. The average molecular weight is 303 g/mol. The number of benzene rings is 1. The molecule has 4 rings (SSSR count). The number of carbonyl (C=O) groups is 1. The Kier molecular flexibility index (Phi) is 2.98. The number of aldehydes is 1. The van der Waals surface area contributed by atoms with Gasteiger partial charge in [0.15, 0.2) is 6.29 Å². The molecule has 0 unspecified atom stereocenters. The summed E-state index contributed by atoms with van der Waals surface area (Å²) in [5.74, 6) is 0. The molecule has 0 aliphatic carbocycles. The Balaban J connectivity index is 1.80. The Morgan fingerprint density at radius 3 is 2.55 bits per heavy atom. The predicted molar refractivity (Wildman–Crippen MR) is 85.6 cm³/mol. The van der Waals surface area contributed by atoms with Gasteiger partial charge >= 0.3 is 0 Å². The van der Waals surface area contributed by atoms with E-state index in [1.54, 1.807) is 11.3 Å². The van der Waals surface area contributed by atoms with E-state index in [-0.39, 0.29) is 0 Å². The van der Waals surface area contributed by atoms with Crippen LogP contribution in [-0.4, -0.2) is 32.6 Å². The average Bonchev–Trinajstić information content (AvgIpc) is 3.07. The normalized spacial score (nSPS) is 16.1. The lowest BCUT2D eigenvalue weighted by molar-refractivity contribution is 0.112. The molecule has 3 aromatic rings. The number of nitrogens with zero attached hydrogens (tertiary/aromatic N) is 1. The minimum atomic E-state index is 0.797. The third-order valence-corrected chi connectivity index (χ3v) is 5.78. The zero-order chi connectivity index (χ0) is 13.5. The molecule has 102 valence electrons. The summed E-state index contributed by atoms with van der Waals surface area (Å²) < 4.78 is 7.88. The highest BCUT2D eigenvalue weighted by atomic mass is 32.1. The van der Waals surface area contributed by atoms with E-state index in [1.807, 2.05) is 17.4 Å². The summed E-state index contributed by atoms with van der Waals surface area (Å²) >= 11 is 3.39. The summed E-state index contributed by atoms with van der Waals surface area (Å²) in [4.78, 5) is 14.0. The number of hydrogen-bond acceptors (Lipinski definition) is 5. The lowest BCUT2D eigenvalue weighted by Crippen LogP contribution is -2.35. The third kappa shape index (κ3) is 2.02. The maximum atomic E-state index is 10.9. The summed E-state index contributed by atoms with van der Waals surface area (Å²) in [5.41, 5.74) is 0. The second kappa shape index (κ2) is 4.84. The number of carbonyl (C=O) groups excluding carboxylic acids is 1. The number of anilines is 1. The van der Waals surface area contributed by atoms with Crippen molar-refractivity contribution in [3.8, 4) is 0 Å². The van der Waals surface area contributed by atoms with Crippen molar-refractivity contribution >= 4 is 54.1 Å². The molecule has 1 saturated heterocycles. The molecular weight excluding hydrogens is 290 g/mol. The van der Waals surface area contributed by atoms with Gasteiger partial charge in [-0.05, 0) is 35.0 Å². The van der Waals surface area contributed by atoms with E-state index in [2.05, 4.69) is 23.1 Å². The standard InChI is InChI=1S/C15H13NO2S2/c17-9-12-6-10-5-11-7-15(16-1-3-18-4-2-16)20-14(11)8-13(10)19-12/h5-9H,1-4H2. The van der Waals surface area contributed by atoms with E-state index in [4.69, 9.17) is 4.74 Å². The molecule has 0 N–H and O–H groups in total. The van der Waals surface area contributed by atoms with Crippen molar-refractivity contribution in [1.29, 1.82) is 0 Å². The second-order valence-corrected chi connectivity index (χ2v) is 7.06. The third-order valence-electron chi connectivity index (χ3n) is 3.60. The van der Waals surface area contributed by atoms with E-state index in [0.717, 1.165) is 42.9 Å². The van der Waals surface area contributed by atoms with Gasteiger partial charge in [0, 0.05) is 22.5 Å². The summed E-state index contributed by atoms with van der Waals surface area (Å²) in [6.07, 6.45) is 0.928. The first-order valence-electron chi connectivity index (χ1n) is 6.58. The zero-order valence-corrected chi connectivity index (χ0v) is 12.4. The molecule has 0 radical (unpaired) electrons. The van der Waals surface area contributed by atoms with Crippen LogP contribution in [0.3, 0.4) is 0 Å². The van der Waals surface area contributed by atoms with Crippen LogP contribution in [0.15, 0.2) is 24.3 Å². The largest absolute Gasteiger partial charge is 0.378 e. The first-order valence-corrected chi connectivity index (χ1v) is 8.22. The molecule has 1 fully saturated rings. The van der Waals surface area contributed by atoms with Gasteiger partial charge in [0.2, 0.25) is 0 Å². The molecule has 2 aromatic heterocycles. The first-order chi connectivity index (χ1) is 9.83. The van der Waals surface area contributed by atoms with Gasteiger partial charge in [-0.2, -0.15) is 0 Å². The Hall–Kier alpha value is -1.43. The van der Waals surface area contributed by atoms with Gasteiger partial charge in [0.25, 0.3) is 0 Å². The number of morpholine rings is 1. The van der Waals surface area contributed by atoms with Crippen molar-refractivity contribution in [3.05, 3.63) is 29.1 Å². The highest BCUT2D eigenvalue weighted by Gasteiger charge is 2.14. The zero-order valence-electron chi connectivity index (χ0n) is 10.8. The van der Waals surface area contributed by atoms with Crippen molar-refractivity contribution in [2.45, 2.75) is 0 Å². The summed E-state index contributed by atoms with van der Waals surface area (Å²) in [7, 11) is 0. The molecule has 5 heteroatoms. The smallest absolute Gasteiger partial charge is 0.160 e. The minimum absolute atomic E-state index is 0.797. The molecule has 1 aromatic carbocycles. The minimum Gasteiger partial charge on any atom is -0.378 e. The monoisotopic (exact) mass is 303 g/mol. The van der Waals surface area contributed by atoms with Crippen molar-refractivity contribution in [2.75, 3.05) is 31.2 Å². The molecule has 1 aliphatic rings. The van der Waals surface area contributed by atoms with Gasteiger partial charge in [-0.15, -0.1) is 22.7 Å². The van der Waals surface area contributed by atoms with Crippen LogP contribution < -0.4 is 4.90 Å². The van der Waals surface area contributed by atoms with Crippen molar-refractivity contribution in [1.82, 2.24) is 0 Å². The fourth-order valence-electron chi connectivity index (χ4n) is 2.58. The first kappa shape index (κ1) is 12.3. The molecular formula is C15H13NO2S2. The maximum Gasteiger partial charge on any atom is 0.160 e. The maximum absolute atomic E-state index is 10.9. The van der Waals surface area contributed by atoms with Gasteiger partial charge < -0.3 is 9.64 Å². The summed E-state index contributed by atoms with van der Waals surface area (Å²) in [6, 6.07) is 8.62. The van der Waals surface area contributed by atoms with Crippen LogP contribution in [0.2, 0.25) is 0 Å². The molecule has 3 nitrogen and oxygen atoms in total. The SMILES string of the molecule is O=Cc1cc2cc3cc(N4CCOCC4)sc3cc2s1. The molecule has 0 atom stereocenters. The van der Waals surface area contributed by atoms with Crippen molar-refractivity contribution < 1.29 is 9.53 Å². The van der Waals surface area contributed by atoms with E-state index in [0.29, 0.717) is 0 Å². The number of hydrogen-bond donors (Lipinski definition) is 0. The molecule has 0 saturated carbocycles. The molecule has 3 heterocycles. The summed E-state index contributed by atoms with van der Waals surface area (Å²) in [5, 5.41) is 3.74. The number of rotatable bonds is 2. The van der Waals surface area contributed by atoms with E-state index >= 15 is 0 Å². The number of fused-ring (bicyclic) bond motifs is 2. The lowest BCUT2D eigenvalue weighted by Gasteiger charge is -2.27. The fraction of sp³-hybridized carbons (Fsp3) is 0.267. The van der Waals surface area contributed by atoms with E-state index in [9.17, 15) is 4.79 Å². The van der Waals surface area contributed by atoms with Crippen LogP contribution in [0.5, 0.6) is 0 Å². The van der Waals surface area contributed by atoms with Gasteiger partial charge in [0.1, 0.15) is 0 Å². The van der Waals surface area contributed by atoms with Crippen molar-refractivity contribution in [3.63, 3.8) is 0 Å². The Bertz CT molecular complexity index is 733. The van der Waals surface area contributed by atoms with E-state index in [1.165, 1.54) is 19.8 Å². The quantitative estimate of drug-likeness (QED) is 0.675. The fourth-order valence-corrected chi connectivity index (χ4v) is 4.69. The highest BCUT2D eigenvalue weighted by Crippen LogP contribution is 2.37. The number of thiophene rings is 2. The van der Waals surface area contributed by atoms with Crippen molar-refractivity contribution in [2.24, 2.45) is 0 Å². The van der Waals surface area contributed by atoms with Crippen LogP contribution in [0.4, 0.5) is 5.00 Å². The molecule has 1 aliphatic heterocycles. The van der Waals surface area contributed by atoms with Gasteiger partial charge in [-0.3, -0.25) is 4.79 Å². The highest BCUT2D eigenvalue weighted by molar-refractivity contribution is 7.24. The van der Waals surface area contributed by atoms with Gasteiger partial charge in [0.05, 0.1) is 23.1 Å². The molecule has 0 spiro atoms. The van der Waals surface area contributed by atoms with Gasteiger partial charge in [-0.25, -0.2) is 0 Å². The Morgan fingerprint density at radius 1 is 1.00 bits per heavy atom. The van der Waals surface area contributed by atoms with Crippen LogP contribution in [0.1, 0.15) is 9.67 Å². The van der Waals surface area contributed by atoms with Crippen LogP contribution in [-0.2, 0) is 4.74 Å². The molecule has 0 amide bonds. The van der Waals surface area contributed by atoms with Crippen LogP contribution >= 0.6 is 22.7 Å². The van der Waals surface area contributed by atoms with E-state index < -0.39 is 0 Å². The predicted octanol–water partition coefficient (Wildman–Crippen LogP) is 3.77. The summed E-state index contributed by atoms with van der Waals surface area (Å²) in [6.45, 7) is 3.56.